The second-order valence-corrected chi connectivity index (χ2v) is 6.15. The lowest BCUT2D eigenvalue weighted by atomic mass is 10.1. The number of hydrogen-bond donors (Lipinski definition) is 1. The normalized spacial score (nSPS) is 17.6. The monoisotopic (exact) mass is 393 g/mol. The van der Waals surface area contributed by atoms with Crippen LogP contribution in [0.25, 0.3) is 0 Å². The van der Waals surface area contributed by atoms with Gasteiger partial charge >= 0.3 is 12.3 Å². The molecular weight excluding hydrogens is 375 g/mol. The van der Waals surface area contributed by atoms with Gasteiger partial charge in [-0.05, 0) is 37.6 Å². The summed E-state index contributed by atoms with van der Waals surface area (Å²) in [6.07, 6.45) is -5.42. The molecule has 1 fully saturated rings. The Bertz CT molecular complexity index is 899. The maximum absolute atomic E-state index is 12.8. The van der Waals surface area contributed by atoms with Crippen molar-refractivity contribution < 1.29 is 27.5 Å². The predicted octanol–water partition coefficient (Wildman–Crippen LogP) is 4.45. The van der Waals surface area contributed by atoms with E-state index in [0.717, 1.165) is 12.1 Å². The van der Waals surface area contributed by atoms with E-state index in [1.807, 2.05) is 0 Å². The number of oxime groups is 1. The minimum atomic E-state index is -4.43. The van der Waals surface area contributed by atoms with E-state index in [1.54, 1.807) is 38.1 Å². The van der Waals surface area contributed by atoms with E-state index in [1.165, 1.54) is 17.1 Å². The van der Waals surface area contributed by atoms with Crippen LogP contribution in [-0.2, 0) is 22.4 Å². The van der Waals surface area contributed by atoms with Crippen LogP contribution in [0.1, 0.15) is 30.5 Å². The lowest BCUT2D eigenvalue weighted by molar-refractivity contribution is -0.137. The molecule has 1 amide bonds. The van der Waals surface area contributed by atoms with Gasteiger partial charge in [-0.2, -0.15) is 18.6 Å². The molecule has 1 saturated heterocycles. The molecule has 1 aliphatic rings. The molecule has 1 atom stereocenters. The van der Waals surface area contributed by atoms with Crippen molar-refractivity contribution in [2.24, 2.45) is 5.16 Å². The Morgan fingerprint density at radius 2 is 2.00 bits per heavy atom. The first-order chi connectivity index (χ1) is 13.3. The molecule has 2 aromatic rings. The molecule has 0 radical (unpaired) electrons. The van der Waals surface area contributed by atoms with Crippen LogP contribution in [0.2, 0.25) is 0 Å². The zero-order valence-corrected chi connectivity index (χ0v) is 15.2. The van der Waals surface area contributed by atoms with E-state index in [2.05, 4.69) is 10.6 Å². The van der Waals surface area contributed by atoms with Gasteiger partial charge < -0.3 is 9.57 Å². The summed E-state index contributed by atoms with van der Waals surface area (Å²) in [6.45, 7) is 3.27. The average molecular weight is 393 g/mol. The number of ether oxygens (including phenoxy) is 1. The van der Waals surface area contributed by atoms with Gasteiger partial charge in [0, 0.05) is 5.56 Å². The summed E-state index contributed by atoms with van der Waals surface area (Å²) in [5, 5.41) is 5.18. The van der Waals surface area contributed by atoms with Crippen molar-refractivity contribution in [2.45, 2.75) is 32.9 Å². The molecule has 6 nitrogen and oxygen atoms in total. The van der Waals surface area contributed by atoms with Crippen LogP contribution in [0.5, 0.6) is 0 Å². The Labute approximate surface area is 159 Å². The minimum Gasteiger partial charge on any atom is -0.428 e. The molecule has 0 spiro atoms. The summed E-state index contributed by atoms with van der Waals surface area (Å²) < 4.78 is 43.5. The lowest BCUT2D eigenvalue weighted by Crippen LogP contribution is -2.36. The number of para-hydroxylation sites is 1. The molecule has 3 rings (SSSR count). The molecule has 2 aromatic carbocycles. The Morgan fingerprint density at radius 1 is 1.25 bits per heavy atom. The molecule has 0 saturated carbocycles. The largest absolute Gasteiger partial charge is 0.430 e. The highest BCUT2D eigenvalue weighted by atomic mass is 19.4. The maximum atomic E-state index is 12.8. The van der Waals surface area contributed by atoms with Crippen LogP contribution < -0.4 is 10.4 Å². The van der Waals surface area contributed by atoms with Crippen LogP contribution in [0.15, 0.2) is 53.7 Å². The van der Waals surface area contributed by atoms with Gasteiger partial charge in [0.05, 0.1) is 17.0 Å². The third-order valence-electron chi connectivity index (χ3n) is 4.03. The van der Waals surface area contributed by atoms with E-state index in [4.69, 9.17) is 9.57 Å². The predicted molar refractivity (Wildman–Crippen MR) is 96.4 cm³/mol. The van der Waals surface area contributed by atoms with Gasteiger partial charge in [0.15, 0.2) is 6.23 Å². The summed E-state index contributed by atoms with van der Waals surface area (Å²) >= 11 is 0. The number of rotatable bonds is 5. The summed E-state index contributed by atoms with van der Waals surface area (Å²) in [4.78, 5) is 17.2. The molecule has 0 aliphatic carbocycles. The summed E-state index contributed by atoms with van der Waals surface area (Å²) in [6, 6.07) is 11.9. The van der Waals surface area contributed by atoms with Crippen LogP contribution in [0.3, 0.4) is 0 Å². The molecule has 1 unspecified atom stereocenters. The zero-order valence-electron chi connectivity index (χ0n) is 15.2. The Hall–Kier alpha value is -3.07. The first-order valence-electron chi connectivity index (χ1n) is 8.44. The van der Waals surface area contributed by atoms with Crippen LogP contribution in [0, 0.1) is 0 Å². The molecule has 28 heavy (non-hydrogen) atoms. The van der Waals surface area contributed by atoms with Gasteiger partial charge in [-0.3, -0.25) is 0 Å². The van der Waals surface area contributed by atoms with Gasteiger partial charge in [-0.1, -0.05) is 35.5 Å². The summed E-state index contributed by atoms with van der Waals surface area (Å²) in [5.41, 5.74) is 3.93. The van der Waals surface area contributed by atoms with Crippen molar-refractivity contribution in [3.63, 3.8) is 0 Å². The first kappa shape index (κ1) is 19.7. The van der Waals surface area contributed by atoms with E-state index in [0.29, 0.717) is 22.5 Å². The number of benzene rings is 2. The van der Waals surface area contributed by atoms with Crippen molar-refractivity contribution in [2.75, 3.05) is 5.01 Å². The molecule has 1 heterocycles. The van der Waals surface area contributed by atoms with Crippen molar-refractivity contribution in [1.82, 2.24) is 5.43 Å². The number of hydrazine groups is 1. The third-order valence-corrected chi connectivity index (χ3v) is 4.03. The number of carbonyl (C=O) groups is 1. The summed E-state index contributed by atoms with van der Waals surface area (Å²) in [7, 11) is 0. The molecule has 0 bridgehead atoms. The van der Waals surface area contributed by atoms with E-state index in [9.17, 15) is 18.0 Å². The smallest absolute Gasteiger partial charge is 0.428 e. The quantitative estimate of drug-likeness (QED) is 0.602. The molecule has 9 heteroatoms. The number of cyclic esters (lactones) is 1. The van der Waals surface area contributed by atoms with Crippen molar-refractivity contribution in [1.29, 1.82) is 0 Å². The number of anilines is 1. The van der Waals surface area contributed by atoms with Crippen molar-refractivity contribution >= 4 is 17.5 Å². The fourth-order valence-corrected chi connectivity index (χ4v) is 2.66. The number of carbonyl (C=O) groups excluding carboxylic acids is 1. The van der Waals surface area contributed by atoms with Gasteiger partial charge in [-0.15, -0.1) is 0 Å². The Kier molecular flexibility index (Phi) is 5.55. The van der Waals surface area contributed by atoms with Gasteiger partial charge in [0.1, 0.15) is 6.61 Å². The number of hydrogen-bond acceptors (Lipinski definition) is 5. The maximum Gasteiger partial charge on any atom is 0.430 e. The minimum absolute atomic E-state index is 0.0202. The lowest BCUT2D eigenvalue weighted by Gasteiger charge is -2.16. The summed E-state index contributed by atoms with van der Waals surface area (Å²) in [5.74, 6) is 0. The highest BCUT2D eigenvalue weighted by Crippen LogP contribution is 2.29. The van der Waals surface area contributed by atoms with E-state index < -0.39 is 24.1 Å². The number of alkyl halides is 3. The van der Waals surface area contributed by atoms with Gasteiger partial charge in [0.2, 0.25) is 0 Å². The number of nitrogens with zero attached hydrogens (tertiary/aromatic N) is 2. The third kappa shape index (κ3) is 4.42. The zero-order chi connectivity index (χ0) is 20.3. The Balaban J connectivity index is 1.72. The fraction of sp³-hybridized carbons (Fsp3) is 0.263. The molecule has 148 valence electrons. The van der Waals surface area contributed by atoms with E-state index >= 15 is 0 Å². The van der Waals surface area contributed by atoms with Crippen LogP contribution in [-0.4, -0.2) is 18.0 Å². The topological polar surface area (TPSA) is 63.2 Å². The van der Waals surface area contributed by atoms with Gasteiger partial charge in [-0.25, -0.2) is 9.80 Å². The van der Waals surface area contributed by atoms with Crippen molar-refractivity contribution in [3.8, 4) is 0 Å². The van der Waals surface area contributed by atoms with Gasteiger partial charge in [0.25, 0.3) is 0 Å². The first-order valence-corrected chi connectivity index (χ1v) is 8.44. The molecular formula is C19H18F3N3O3. The fourth-order valence-electron chi connectivity index (χ4n) is 2.66. The number of amides is 1. The SMILES string of the molecule is C/C(=N\OCc1ccccc1N1NC(C)OC1=O)c1cccc(C(F)(F)F)c1. The highest BCUT2D eigenvalue weighted by Gasteiger charge is 2.31. The number of halogens is 3. The van der Waals surface area contributed by atoms with Crippen LogP contribution >= 0.6 is 0 Å². The van der Waals surface area contributed by atoms with E-state index in [-0.39, 0.29) is 6.61 Å². The number of nitrogens with one attached hydrogen (secondary N) is 1. The second-order valence-electron chi connectivity index (χ2n) is 6.15. The highest BCUT2D eigenvalue weighted by molar-refractivity contribution is 5.98. The van der Waals surface area contributed by atoms with Crippen LogP contribution in [0.4, 0.5) is 23.7 Å². The molecule has 0 aromatic heterocycles. The van der Waals surface area contributed by atoms with Crippen molar-refractivity contribution in [3.05, 3.63) is 65.2 Å². The Morgan fingerprint density at radius 3 is 2.68 bits per heavy atom. The average Bonchev–Trinajstić information content (AvgIpc) is 2.99. The standard InChI is InChI=1S/C19H18F3N3O3/c1-12(14-7-5-8-16(10-14)19(20,21)22)24-27-11-15-6-3-4-9-17(15)25-18(26)28-13(2)23-25/h3-10,13,23H,11H2,1-2H3/b24-12+. The second kappa shape index (κ2) is 7.89. The molecule has 1 N–H and O–H groups in total. The molecule has 1 aliphatic heterocycles.